The molecule has 0 unspecified atom stereocenters. The molecule has 0 saturated carbocycles. The summed E-state index contributed by atoms with van der Waals surface area (Å²) >= 11 is 3.11. The average molecular weight is 406 g/mol. The molecule has 0 atom stereocenters. The first kappa shape index (κ1) is 19.0. The van der Waals surface area contributed by atoms with E-state index in [1.54, 1.807) is 36.0 Å². The van der Waals surface area contributed by atoms with Crippen molar-refractivity contribution in [2.45, 2.75) is 9.79 Å². The van der Waals surface area contributed by atoms with Gasteiger partial charge in [-0.25, -0.2) is 0 Å². The molecule has 1 amide bonds. The van der Waals surface area contributed by atoms with Crippen LogP contribution in [-0.2, 0) is 4.79 Å². The van der Waals surface area contributed by atoms with Gasteiger partial charge in [-0.1, -0.05) is 0 Å². The lowest BCUT2D eigenvalue weighted by Gasteiger charge is -2.16. The Morgan fingerprint density at radius 1 is 0.889 bits per heavy atom. The highest BCUT2D eigenvalue weighted by molar-refractivity contribution is 8.00. The zero-order valence-electron chi connectivity index (χ0n) is 13.8. The summed E-state index contributed by atoms with van der Waals surface area (Å²) in [6.07, 6.45) is 0. The number of fused-ring (bicyclic) bond motifs is 2. The number of carbonyl (C=O) groups is 1. The van der Waals surface area contributed by atoms with Crippen molar-refractivity contribution in [3.63, 3.8) is 0 Å². The molecule has 4 rings (SSSR count). The Kier molecular flexibility index (Phi) is 5.81. The Morgan fingerprint density at radius 2 is 1.48 bits per heavy atom. The van der Waals surface area contributed by atoms with Gasteiger partial charge < -0.3 is 10.6 Å². The number of amides is 1. The monoisotopic (exact) mass is 406 g/mol. The number of hydrogen-bond acceptors (Lipinski definition) is 8. The molecule has 2 aliphatic rings. The lowest BCUT2D eigenvalue weighted by molar-refractivity contribution is -0.385. The van der Waals surface area contributed by atoms with E-state index in [1.165, 1.54) is 23.9 Å². The fraction of sp³-hybridized carbons (Fsp3) is 0.188. The first-order valence-electron chi connectivity index (χ1n) is 7.80. The van der Waals surface area contributed by atoms with Crippen molar-refractivity contribution >= 4 is 52.2 Å². The topological polar surface area (TPSA) is 127 Å². The second-order valence-electron chi connectivity index (χ2n) is 5.49. The minimum absolute atomic E-state index is 0.00782. The molecule has 0 fully saturated rings. The van der Waals surface area contributed by atoms with Crippen molar-refractivity contribution in [3.8, 4) is 0 Å². The minimum atomic E-state index is -0.480. The SMILES string of the molecule is O=C1CSc2ccc([N+](=O)[O-])cc2N1.O=[N+]([O-])c1ccc2c(c1)NCCS2. The maximum absolute atomic E-state index is 11.0. The molecule has 27 heavy (non-hydrogen) atoms. The third-order valence-corrected chi connectivity index (χ3v) is 5.80. The summed E-state index contributed by atoms with van der Waals surface area (Å²) in [5.41, 5.74) is 1.55. The van der Waals surface area contributed by atoms with E-state index < -0.39 is 4.92 Å². The zero-order chi connectivity index (χ0) is 19.4. The van der Waals surface area contributed by atoms with Gasteiger partial charge in [-0.2, -0.15) is 0 Å². The third kappa shape index (κ3) is 4.68. The smallest absolute Gasteiger partial charge is 0.271 e. The summed E-state index contributed by atoms with van der Waals surface area (Å²) in [6, 6.07) is 9.38. The van der Waals surface area contributed by atoms with Crippen molar-refractivity contribution < 1.29 is 14.6 Å². The van der Waals surface area contributed by atoms with E-state index in [0.29, 0.717) is 11.4 Å². The van der Waals surface area contributed by atoms with E-state index in [4.69, 9.17) is 0 Å². The number of nitro groups is 2. The molecule has 9 nitrogen and oxygen atoms in total. The van der Waals surface area contributed by atoms with Crippen LogP contribution in [0.25, 0.3) is 0 Å². The van der Waals surface area contributed by atoms with E-state index in [1.807, 2.05) is 0 Å². The van der Waals surface area contributed by atoms with Gasteiger partial charge in [0.05, 0.1) is 27.0 Å². The van der Waals surface area contributed by atoms with Gasteiger partial charge in [0.2, 0.25) is 5.91 Å². The largest absolute Gasteiger partial charge is 0.383 e. The molecule has 0 bridgehead atoms. The molecule has 0 radical (unpaired) electrons. The van der Waals surface area contributed by atoms with E-state index in [-0.39, 0.29) is 22.2 Å². The predicted octanol–water partition coefficient (Wildman–Crippen LogP) is 3.75. The number of nitro benzene ring substituents is 2. The average Bonchev–Trinajstić information content (AvgIpc) is 2.67. The molecule has 0 aromatic heterocycles. The molecule has 2 heterocycles. The standard InChI is InChI=1S/C8H6N2O3S.C8H8N2O2S/c11-8-4-14-7-2-1-5(10(12)13)3-6(7)9-8;11-10(12)6-1-2-8-7(5-6)9-3-4-13-8/h1-3H,4H2,(H,9,11);1-2,5,9H,3-4H2. The van der Waals surface area contributed by atoms with Crippen LogP contribution >= 0.6 is 23.5 Å². The lowest BCUT2D eigenvalue weighted by Crippen LogP contribution is -2.18. The van der Waals surface area contributed by atoms with Crippen molar-refractivity contribution in [3.05, 3.63) is 56.6 Å². The van der Waals surface area contributed by atoms with Crippen molar-refractivity contribution in [1.29, 1.82) is 0 Å². The number of nitrogens with one attached hydrogen (secondary N) is 2. The second kappa shape index (κ2) is 8.27. The second-order valence-corrected chi connectivity index (χ2v) is 7.64. The molecule has 0 spiro atoms. The molecule has 2 aromatic rings. The lowest BCUT2D eigenvalue weighted by atomic mass is 10.2. The number of non-ortho nitro benzene ring substituents is 2. The first-order valence-corrected chi connectivity index (χ1v) is 9.77. The van der Waals surface area contributed by atoms with Crippen LogP contribution in [0, 0.1) is 20.2 Å². The van der Waals surface area contributed by atoms with Crippen molar-refractivity contribution in [2.24, 2.45) is 0 Å². The van der Waals surface area contributed by atoms with E-state index >= 15 is 0 Å². The molecule has 2 N–H and O–H groups in total. The number of anilines is 2. The van der Waals surface area contributed by atoms with Crippen LogP contribution in [-0.4, -0.2) is 33.8 Å². The van der Waals surface area contributed by atoms with Gasteiger partial charge >= 0.3 is 0 Å². The van der Waals surface area contributed by atoms with Crippen LogP contribution in [0.2, 0.25) is 0 Å². The maximum atomic E-state index is 11.0. The van der Waals surface area contributed by atoms with Crippen LogP contribution in [0.1, 0.15) is 0 Å². The highest BCUT2D eigenvalue weighted by Crippen LogP contribution is 2.34. The molecule has 0 aliphatic carbocycles. The fourth-order valence-corrected chi connectivity index (χ4v) is 4.09. The highest BCUT2D eigenvalue weighted by atomic mass is 32.2. The zero-order valence-corrected chi connectivity index (χ0v) is 15.5. The predicted molar refractivity (Wildman–Crippen MR) is 105 cm³/mol. The van der Waals surface area contributed by atoms with Gasteiger partial charge in [0, 0.05) is 46.4 Å². The van der Waals surface area contributed by atoms with E-state index in [9.17, 15) is 25.0 Å². The summed E-state index contributed by atoms with van der Waals surface area (Å²) in [7, 11) is 0. The Labute approximate surface area is 162 Å². The van der Waals surface area contributed by atoms with Gasteiger partial charge in [0.25, 0.3) is 11.4 Å². The number of hydrogen-bond donors (Lipinski definition) is 2. The summed E-state index contributed by atoms with van der Waals surface area (Å²) in [4.78, 5) is 33.0. The quantitative estimate of drug-likeness (QED) is 0.570. The first-order chi connectivity index (χ1) is 12.9. The third-order valence-electron chi connectivity index (χ3n) is 3.66. The summed E-state index contributed by atoms with van der Waals surface area (Å²) in [6.45, 7) is 0.874. The number of rotatable bonds is 2. The minimum Gasteiger partial charge on any atom is -0.383 e. The van der Waals surface area contributed by atoms with Crippen LogP contribution in [0.3, 0.4) is 0 Å². The Balaban J connectivity index is 0.000000156. The Morgan fingerprint density at radius 3 is 2.11 bits per heavy atom. The van der Waals surface area contributed by atoms with Gasteiger partial charge in [-0.3, -0.25) is 25.0 Å². The number of nitrogens with zero attached hydrogens (tertiary/aromatic N) is 2. The van der Waals surface area contributed by atoms with Gasteiger partial charge in [-0.15, -0.1) is 23.5 Å². The van der Waals surface area contributed by atoms with Gasteiger partial charge in [0.1, 0.15) is 0 Å². The van der Waals surface area contributed by atoms with E-state index in [0.717, 1.165) is 27.8 Å². The number of benzene rings is 2. The normalized spacial score (nSPS) is 14.4. The van der Waals surface area contributed by atoms with Crippen LogP contribution in [0.15, 0.2) is 46.2 Å². The summed E-state index contributed by atoms with van der Waals surface area (Å²) in [5, 5.41) is 26.6. The van der Waals surface area contributed by atoms with Crippen LogP contribution in [0.5, 0.6) is 0 Å². The number of thioether (sulfide) groups is 2. The fourth-order valence-electron chi connectivity index (χ4n) is 2.43. The number of carbonyl (C=O) groups excluding carboxylic acids is 1. The van der Waals surface area contributed by atoms with Crippen molar-refractivity contribution in [1.82, 2.24) is 0 Å². The van der Waals surface area contributed by atoms with Gasteiger partial charge in [0.15, 0.2) is 0 Å². The van der Waals surface area contributed by atoms with Crippen molar-refractivity contribution in [2.75, 3.05) is 28.7 Å². The summed E-state index contributed by atoms with van der Waals surface area (Å²) < 4.78 is 0. The maximum Gasteiger partial charge on any atom is 0.271 e. The molecular weight excluding hydrogens is 392 g/mol. The summed E-state index contributed by atoms with van der Waals surface area (Å²) in [5.74, 6) is 1.26. The molecule has 140 valence electrons. The molecule has 2 aromatic carbocycles. The van der Waals surface area contributed by atoms with Crippen LogP contribution in [0.4, 0.5) is 22.7 Å². The van der Waals surface area contributed by atoms with Crippen LogP contribution < -0.4 is 10.6 Å². The molecule has 11 heteroatoms. The highest BCUT2D eigenvalue weighted by Gasteiger charge is 2.18. The Hall–Kier alpha value is -2.79. The molecule has 2 aliphatic heterocycles. The Bertz CT molecular complexity index is 922. The molecule has 0 saturated heterocycles. The molecular formula is C16H14N4O5S2. The van der Waals surface area contributed by atoms with E-state index in [2.05, 4.69) is 10.6 Å². The van der Waals surface area contributed by atoms with Gasteiger partial charge in [-0.05, 0) is 12.1 Å².